The zero-order chi connectivity index (χ0) is 19.2. The summed E-state index contributed by atoms with van der Waals surface area (Å²) in [4.78, 5) is 31.2. The minimum Gasteiger partial charge on any atom is -0.340 e. The second-order valence-corrected chi connectivity index (χ2v) is 8.19. The number of amides is 2. The minimum atomic E-state index is -0.616. The molecule has 1 aromatic carbocycles. The number of rotatable bonds is 7. The van der Waals surface area contributed by atoms with E-state index in [2.05, 4.69) is 15.6 Å². The largest absolute Gasteiger partial charge is 0.340 e. The van der Waals surface area contributed by atoms with Crippen molar-refractivity contribution in [1.29, 1.82) is 0 Å². The SMILES string of the molecule is CC(C)[C@H](NC(=O)c1ccccc1)C(=O)Nc1nc(C[NH+]2CCCC2)cs1. The summed E-state index contributed by atoms with van der Waals surface area (Å²) in [7, 11) is 0. The number of nitrogens with one attached hydrogen (secondary N) is 3. The van der Waals surface area contributed by atoms with Crippen molar-refractivity contribution in [2.75, 3.05) is 18.4 Å². The fraction of sp³-hybridized carbons (Fsp3) is 0.450. The third-order valence-electron chi connectivity index (χ3n) is 4.80. The lowest BCUT2D eigenvalue weighted by atomic mass is 10.0. The van der Waals surface area contributed by atoms with Gasteiger partial charge >= 0.3 is 0 Å². The van der Waals surface area contributed by atoms with Gasteiger partial charge in [-0.25, -0.2) is 4.98 Å². The van der Waals surface area contributed by atoms with E-state index >= 15 is 0 Å². The number of anilines is 1. The fourth-order valence-corrected chi connectivity index (χ4v) is 4.00. The van der Waals surface area contributed by atoms with Crippen LogP contribution in [0.2, 0.25) is 0 Å². The molecule has 0 radical (unpaired) electrons. The maximum absolute atomic E-state index is 12.7. The summed E-state index contributed by atoms with van der Waals surface area (Å²) in [6, 6.07) is 8.32. The first-order valence-electron chi connectivity index (χ1n) is 9.47. The molecule has 1 atom stereocenters. The van der Waals surface area contributed by atoms with Crippen LogP contribution in [-0.4, -0.2) is 35.9 Å². The molecule has 1 saturated heterocycles. The van der Waals surface area contributed by atoms with Crippen LogP contribution in [0.15, 0.2) is 35.7 Å². The molecule has 3 N–H and O–H groups in total. The standard InChI is InChI=1S/C20H26N4O2S/c1-14(2)17(22-18(25)15-8-4-3-5-9-15)19(26)23-20-21-16(13-27-20)12-24-10-6-7-11-24/h3-5,8-9,13-14,17H,6-7,10-12H2,1-2H3,(H,22,25)(H,21,23,26)/p+1/t17-/m0/s1. The van der Waals surface area contributed by atoms with E-state index in [-0.39, 0.29) is 17.7 Å². The topological polar surface area (TPSA) is 75.5 Å². The molecular formula is C20H27N4O2S+. The predicted octanol–water partition coefficient (Wildman–Crippen LogP) is 1.71. The molecule has 0 aliphatic carbocycles. The Morgan fingerprint density at radius 1 is 1.19 bits per heavy atom. The number of hydrogen-bond acceptors (Lipinski definition) is 4. The number of quaternary nitrogens is 1. The summed E-state index contributed by atoms with van der Waals surface area (Å²) < 4.78 is 0. The van der Waals surface area contributed by atoms with E-state index in [4.69, 9.17) is 0 Å². The molecule has 0 bridgehead atoms. The summed E-state index contributed by atoms with van der Waals surface area (Å²) >= 11 is 1.44. The highest BCUT2D eigenvalue weighted by atomic mass is 32.1. The predicted molar refractivity (Wildman–Crippen MR) is 107 cm³/mol. The quantitative estimate of drug-likeness (QED) is 0.677. The van der Waals surface area contributed by atoms with Gasteiger partial charge in [-0.2, -0.15) is 0 Å². The van der Waals surface area contributed by atoms with E-state index < -0.39 is 6.04 Å². The molecule has 1 fully saturated rings. The normalized spacial score (nSPS) is 15.7. The molecule has 2 amide bonds. The fourth-order valence-electron chi connectivity index (χ4n) is 3.29. The van der Waals surface area contributed by atoms with Gasteiger partial charge in [0.2, 0.25) is 5.91 Å². The Bertz CT molecular complexity index is 769. The smallest absolute Gasteiger partial charge is 0.251 e. The highest BCUT2D eigenvalue weighted by molar-refractivity contribution is 7.13. The van der Waals surface area contributed by atoms with E-state index in [1.165, 1.54) is 37.3 Å². The molecule has 6 nitrogen and oxygen atoms in total. The van der Waals surface area contributed by atoms with Gasteiger partial charge in [0.15, 0.2) is 5.13 Å². The van der Waals surface area contributed by atoms with E-state index in [0.29, 0.717) is 10.7 Å². The van der Waals surface area contributed by atoms with Crippen molar-refractivity contribution in [3.63, 3.8) is 0 Å². The Balaban J connectivity index is 1.60. The van der Waals surface area contributed by atoms with Crippen molar-refractivity contribution in [2.45, 2.75) is 39.3 Å². The Labute approximate surface area is 164 Å². The molecule has 1 aliphatic heterocycles. The molecule has 2 aromatic rings. The van der Waals surface area contributed by atoms with Gasteiger partial charge in [0.25, 0.3) is 5.91 Å². The van der Waals surface area contributed by atoms with Crippen LogP contribution in [0.25, 0.3) is 0 Å². The molecule has 3 rings (SSSR count). The van der Waals surface area contributed by atoms with Gasteiger partial charge in [-0.3, -0.25) is 9.59 Å². The van der Waals surface area contributed by atoms with Crippen LogP contribution in [0.3, 0.4) is 0 Å². The maximum atomic E-state index is 12.7. The van der Waals surface area contributed by atoms with Crippen LogP contribution >= 0.6 is 11.3 Å². The van der Waals surface area contributed by atoms with E-state index in [9.17, 15) is 9.59 Å². The van der Waals surface area contributed by atoms with Gasteiger partial charge in [0.05, 0.1) is 13.1 Å². The van der Waals surface area contributed by atoms with Crippen LogP contribution < -0.4 is 15.5 Å². The average Bonchev–Trinajstić information content (AvgIpc) is 3.32. The number of hydrogen-bond donors (Lipinski definition) is 3. The van der Waals surface area contributed by atoms with E-state index in [0.717, 1.165) is 12.2 Å². The summed E-state index contributed by atoms with van der Waals surface area (Å²) in [6.45, 7) is 7.13. The molecule has 1 aromatic heterocycles. The number of thiazole rings is 1. The van der Waals surface area contributed by atoms with Crippen LogP contribution in [0.5, 0.6) is 0 Å². The molecule has 0 spiro atoms. The van der Waals surface area contributed by atoms with Gasteiger partial charge in [-0.15, -0.1) is 11.3 Å². The van der Waals surface area contributed by atoms with Gasteiger partial charge in [-0.05, 0) is 18.1 Å². The molecule has 2 heterocycles. The highest BCUT2D eigenvalue weighted by Crippen LogP contribution is 2.16. The maximum Gasteiger partial charge on any atom is 0.251 e. The first kappa shape index (κ1) is 19.5. The summed E-state index contributed by atoms with van der Waals surface area (Å²) in [5, 5.41) is 8.31. The third kappa shape index (κ3) is 5.37. The van der Waals surface area contributed by atoms with Crippen LogP contribution in [0.4, 0.5) is 5.13 Å². The lowest BCUT2D eigenvalue weighted by Crippen LogP contribution is -3.08. The number of carbonyl (C=O) groups excluding carboxylic acids is 2. The monoisotopic (exact) mass is 387 g/mol. The Morgan fingerprint density at radius 2 is 1.89 bits per heavy atom. The molecule has 1 aliphatic rings. The lowest BCUT2D eigenvalue weighted by Gasteiger charge is -2.21. The van der Waals surface area contributed by atoms with Gasteiger partial charge < -0.3 is 15.5 Å². The number of carbonyl (C=O) groups is 2. The van der Waals surface area contributed by atoms with Crippen molar-refractivity contribution < 1.29 is 14.5 Å². The second-order valence-electron chi connectivity index (χ2n) is 7.33. The van der Waals surface area contributed by atoms with Crippen LogP contribution in [-0.2, 0) is 11.3 Å². The zero-order valence-electron chi connectivity index (χ0n) is 15.8. The molecule has 0 unspecified atom stereocenters. The highest BCUT2D eigenvalue weighted by Gasteiger charge is 2.26. The van der Waals surface area contributed by atoms with Crippen molar-refractivity contribution in [2.24, 2.45) is 5.92 Å². The zero-order valence-corrected chi connectivity index (χ0v) is 16.6. The van der Waals surface area contributed by atoms with Gasteiger partial charge in [0, 0.05) is 23.8 Å². The number of nitrogens with zero attached hydrogens (tertiary/aromatic N) is 1. The molecular weight excluding hydrogens is 360 g/mol. The number of benzene rings is 1. The van der Waals surface area contributed by atoms with Crippen molar-refractivity contribution in [1.82, 2.24) is 10.3 Å². The van der Waals surface area contributed by atoms with Crippen LogP contribution in [0.1, 0.15) is 42.7 Å². The van der Waals surface area contributed by atoms with Crippen molar-refractivity contribution >= 4 is 28.3 Å². The first-order valence-corrected chi connectivity index (χ1v) is 10.4. The van der Waals surface area contributed by atoms with Crippen molar-refractivity contribution in [3.8, 4) is 0 Å². The Morgan fingerprint density at radius 3 is 2.56 bits per heavy atom. The average molecular weight is 388 g/mol. The van der Waals surface area contributed by atoms with E-state index in [1.54, 1.807) is 29.2 Å². The number of likely N-dealkylation sites (tertiary alicyclic amines) is 1. The van der Waals surface area contributed by atoms with Crippen molar-refractivity contribution in [3.05, 3.63) is 47.0 Å². The number of aromatic nitrogens is 1. The Hall–Kier alpha value is -2.25. The Kier molecular flexibility index (Phi) is 6.58. The molecule has 144 valence electrons. The lowest BCUT2D eigenvalue weighted by molar-refractivity contribution is -0.901. The van der Waals surface area contributed by atoms with Gasteiger partial charge in [0.1, 0.15) is 18.3 Å². The molecule has 0 saturated carbocycles. The summed E-state index contributed by atoms with van der Waals surface area (Å²) in [5.41, 5.74) is 1.56. The summed E-state index contributed by atoms with van der Waals surface area (Å²) in [5.74, 6) is -0.517. The minimum absolute atomic E-state index is 0.0360. The molecule has 7 heteroatoms. The molecule has 27 heavy (non-hydrogen) atoms. The van der Waals surface area contributed by atoms with Crippen LogP contribution in [0, 0.1) is 5.92 Å². The van der Waals surface area contributed by atoms with Gasteiger partial charge in [-0.1, -0.05) is 32.0 Å². The second kappa shape index (κ2) is 9.10. The first-order chi connectivity index (χ1) is 13.0. The third-order valence-corrected chi connectivity index (χ3v) is 5.60. The van der Waals surface area contributed by atoms with E-state index in [1.807, 2.05) is 25.3 Å². The summed E-state index contributed by atoms with van der Waals surface area (Å²) in [6.07, 6.45) is 2.56.